The number of hydrogen-bond donors (Lipinski definition) is 2. The number of ether oxygens (including phenoxy) is 1. The highest BCUT2D eigenvalue weighted by Gasteiger charge is 2.15. The lowest BCUT2D eigenvalue weighted by Crippen LogP contribution is -2.34. The quantitative estimate of drug-likeness (QED) is 0.777. The van der Waals surface area contributed by atoms with Gasteiger partial charge in [0.25, 0.3) is 0 Å². The normalized spacial score (nSPS) is 17.0. The number of carbonyl (C=O) groups is 1. The SMILES string of the molecule is CC(CNC(=O)CCC1CCNCC1)Oc1cccc(Br)c1. The molecule has 0 aromatic heterocycles. The predicted octanol–water partition coefficient (Wildman–Crippen LogP) is 3.11. The van der Waals surface area contributed by atoms with Crippen LogP contribution in [0.5, 0.6) is 5.75 Å². The maximum absolute atomic E-state index is 11.9. The summed E-state index contributed by atoms with van der Waals surface area (Å²) in [7, 11) is 0. The molecule has 1 heterocycles. The van der Waals surface area contributed by atoms with Crippen molar-refractivity contribution in [2.45, 2.75) is 38.7 Å². The highest BCUT2D eigenvalue weighted by molar-refractivity contribution is 9.10. The molecule has 0 spiro atoms. The van der Waals surface area contributed by atoms with Crippen LogP contribution < -0.4 is 15.4 Å². The van der Waals surface area contributed by atoms with Crippen molar-refractivity contribution in [2.75, 3.05) is 19.6 Å². The lowest BCUT2D eigenvalue weighted by molar-refractivity contribution is -0.121. The summed E-state index contributed by atoms with van der Waals surface area (Å²) >= 11 is 3.42. The predicted molar refractivity (Wildman–Crippen MR) is 92.1 cm³/mol. The number of amides is 1. The second-order valence-corrected chi connectivity index (χ2v) is 6.84. The van der Waals surface area contributed by atoms with E-state index in [2.05, 4.69) is 26.6 Å². The summed E-state index contributed by atoms with van der Waals surface area (Å²) in [5.41, 5.74) is 0. The van der Waals surface area contributed by atoms with Gasteiger partial charge in [-0.1, -0.05) is 22.0 Å². The summed E-state index contributed by atoms with van der Waals surface area (Å²) in [4.78, 5) is 11.9. The van der Waals surface area contributed by atoms with Crippen molar-refractivity contribution in [1.82, 2.24) is 10.6 Å². The Morgan fingerprint density at radius 1 is 1.45 bits per heavy atom. The minimum atomic E-state index is -0.0443. The highest BCUT2D eigenvalue weighted by Crippen LogP contribution is 2.19. The van der Waals surface area contributed by atoms with Crippen LogP contribution in [0.2, 0.25) is 0 Å². The summed E-state index contributed by atoms with van der Waals surface area (Å²) in [6, 6.07) is 7.74. The van der Waals surface area contributed by atoms with Gasteiger partial charge in [0.2, 0.25) is 5.91 Å². The van der Waals surface area contributed by atoms with Crippen LogP contribution in [0, 0.1) is 5.92 Å². The minimum Gasteiger partial charge on any atom is -0.489 e. The molecule has 0 radical (unpaired) electrons. The van der Waals surface area contributed by atoms with E-state index in [-0.39, 0.29) is 12.0 Å². The van der Waals surface area contributed by atoms with Gasteiger partial charge in [-0.2, -0.15) is 0 Å². The molecule has 1 amide bonds. The van der Waals surface area contributed by atoms with Crippen LogP contribution >= 0.6 is 15.9 Å². The molecular weight excluding hydrogens is 344 g/mol. The summed E-state index contributed by atoms with van der Waals surface area (Å²) in [5.74, 6) is 1.64. The molecule has 122 valence electrons. The van der Waals surface area contributed by atoms with Gasteiger partial charge in [0, 0.05) is 10.9 Å². The average molecular weight is 369 g/mol. The summed E-state index contributed by atoms with van der Waals surface area (Å²) in [6.07, 6.45) is 3.95. The molecule has 1 aromatic rings. The first-order valence-electron chi connectivity index (χ1n) is 8.03. The molecule has 1 unspecified atom stereocenters. The van der Waals surface area contributed by atoms with Gasteiger partial charge >= 0.3 is 0 Å². The van der Waals surface area contributed by atoms with E-state index in [1.807, 2.05) is 31.2 Å². The Bertz CT molecular complexity index is 475. The standard InChI is InChI=1S/C17H25BrN2O2/c1-13(22-16-4-2-3-15(18)11-16)12-20-17(21)6-5-14-7-9-19-10-8-14/h2-4,11,13-14,19H,5-10,12H2,1H3,(H,20,21). The Labute approximate surface area is 141 Å². The van der Waals surface area contributed by atoms with E-state index >= 15 is 0 Å². The van der Waals surface area contributed by atoms with Crippen molar-refractivity contribution in [3.63, 3.8) is 0 Å². The van der Waals surface area contributed by atoms with Gasteiger partial charge in [-0.05, 0) is 63.4 Å². The van der Waals surface area contributed by atoms with Gasteiger partial charge in [-0.25, -0.2) is 0 Å². The van der Waals surface area contributed by atoms with Crippen molar-refractivity contribution in [1.29, 1.82) is 0 Å². The van der Waals surface area contributed by atoms with E-state index in [9.17, 15) is 4.79 Å². The molecule has 1 atom stereocenters. The Balaban J connectivity index is 1.62. The first kappa shape index (κ1) is 17.3. The van der Waals surface area contributed by atoms with Crippen molar-refractivity contribution in [3.8, 4) is 5.75 Å². The zero-order valence-electron chi connectivity index (χ0n) is 13.1. The number of halogens is 1. The van der Waals surface area contributed by atoms with Gasteiger partial charge in [0.15, 0.2) is 0 Å². The molecule has 0 aliphatic carbocycles. The highest BCUT2D eigenvalue weighted by atomic mass is 79.9. The van der Waals surface area contributed by atoms with E-state index in [0.717, 1.165) is 29.7 Å². The van der Waals surface area contributed by atoms with E-state index in [0.29, 0.717) is 18.9 Å². The molecule has 1 aliphatic rings. The van der Waals surface area contributed by atoms with E-state index < -0.39 is 0 Å². The second kappa shape index (κ2) is 9.16. The monoisotopic (exact) mass is 368 g/mol. The first-order valence-corrected chi connectivity index (χ1v) is 8.82. The molecule has 0 saturated carbocycles. The number of carbonyl (C=O) groups excluding carboxylic acids is 1. The number of benzene rings is 1. The zero-order chi connectivity index (χ0) is 15.8. The maximum Gasteiger partial charge on any atom is 0.220 e. The van der Waals surface area contributed by atoms with Crippen LogP contribution in [-0.2, 0) is 4.79 Å². The fourth-order valence-corrected chi connectivity index (χ4v) is 3.04. The Morgan fingerprint density at radius 2 is 2.23 bits per heavy atom. The smallest absolute Gasteiger partial charge is 0.220 e. The molecular formula is C17H25BrN2O2. The fourth-order valence-electron chi connectivity index (χ4n) is 2.67. The van der Waals surface area contributed by atoms with E-state index in [4.69, 9.17) is 4.74 Å². The molecule has 1 fully saturated rings. The van der Waals surface area contributed by atoms with Crippen molar-refractivity contribution >= 4 is 21.8 Å². The molecule has 2 rings (SSSR count). The Kier molecular flexibility index (Phi) is 7.19. The first-order chi connectivity index (χ1) is 10.6. The number of rotatable bonds is 7. The van der Waals surface area contributed by atoms with Gasteiger partial charge < -0.3 is 15.4 Å². The van der Waals surface area contributed by atoms with Gasteiger partial charge in [0.1, 0.15) is 11.9 Å². The van der Waals surface area contributed by atoms with Crippen LogP contribution in [0.25, 0.3) is 0 Å². The molecule has 5 heteroatoms. The third-order valence-corrected chi connectivity index (χ3v) is 4.45. The molecule has 2 N–H and O–H groups in total. The van der Waals surface area contributed by atoms with E-state index in [1.54, 1.807) is 0 Å². The zero-order valence-corrected chi connectivity index (χ0v) is 14.7. The molecule has 1 aliphatic heterocycles. The van der Waals surface area contributed by atoms with Gasteiger partial charge in [0.05, 0.1) is 6.54 Å². The molecule has 1 saturated heterocycles. The summed E-state index contributed by atoms with van der Waals surface area (Å²) in [6.45, 7) is 4.68. The number of hydrogen-bond acceptors (Lipinski definition) is 3. The molecule has 4 nitrogen and oxygen atoms in total. The van der Waals surface area contributed by atoms with E-state index in [1.165, 1.54) is 12.8 Å². The third kappa shape index (κ3) is 6.36. The minimum absolute atomic E-state index is 0.0443. The molecule has 22 heavy (non-hydrogen) atoms. The van der Waals surface area contributed by atoms with Crippen molar-refractivity contribution in [2.24, 2.45) is 5.92 Å². The van der Waals surface area contributed by atoms with Crippen LogP contribution in [0.15, 0.2) is 28.7 Å². The molecule has 0 bridgehead atoms. The van der Waals surface area contributed by atoms with Gasteiger partial charge in [-0.15, -0.1) is 0 Å². The van der Waals surface area contributed by atoms with Crippen LogP contribution in [0.3, 0.4) is 0 Å². The Morgan fingerprint density at radius 3 is 2.95 bits per heavy atom. The lowest BCUT2D eigenvalue weighted by Gasteiger charge is -2.22. The maximum atomic E-state index is 11.9. The largest absolute Gasteiger partial charge is 0.489 e. The lowest BCUT2D eigenvalue weighted by atomic mass is 9.93. The summed E-state index contributed by atoms with van der Waals surface area (Å²) < 4.78 is 6.78. The second-order valence-electron chi connectivity index (χ2n) is 5.92. The van der Waals surface area contributed by atoms with Crippen LogP contribution in [0.1, 0.15) is 32.6 Å². The molecule has 1 aromatic carbocycles. The number of piperidine rings is 1. The van der Waals surface area contributed by atoms with Crippen LogP contribution in [-0.4, -0.2) is 31.6 Å². The Hall–Kier alpha value is -1.07. The summed E-state index contributed by atoms with van der Waals surface area (Å²) in [5, 5.41) is 6.31. The number of nitrogens with one attached hydrogen (secondary N) is 2. The topological polar surface area (TPSA) is 50.4 Å². The van der Waals surface area contributed by atoms with Gasteiger partial charge in [-0.3, -0.25) is 4.79 Å². The van der Waals surface area contributed by atoms with Crippen molar-refractivity contribution < 1.29 is 9.53 Å². The third-order valence-electron chi connectivity index (χ3n) is 3.96. The van der Waals surface area contributed by atoms with Crippen LogP contribution in [0.4, 0.5) is 0 Å². The average Bonchev–Trinajstić information content (AvgIpc) is 2.52. The van der Waals surface area contributed by atoms with Crippen molar-refractivity contribution in [3.05, 3.63) is 28.7 Å². The fraction of sp³-hybridized carbons (Fsp3) is 0.588.